The predicted molar refractivity (Wildman–Crippen MR) is 79.9 cm³/mol. The van der Waals surface area contributed by atoms with Crippen molar-refractivity contribution in [1.82, 2.24) is 5.43 Å². The summed E-state index contributed by atoms with van der Waals surface area (Å²) in [5.41, 5.74) is 3.16. The van der Waals surface area contributed by atoms with Gasteiger partial charge in [0.1, 0.15) is 5.75 Å². The number of hydrogen-bond donors (Lipinski definition) is 1. The van der Waals surface area contributed by atoms with Crippen LogP contribution < -0.4 is 10.2 Å². The fourth-order valence-electron chi connectivity index (χ4n) is 1.36. The highest BCUT2D eigenvalue weighted by Crippen LogP contribution is 2.11. The van der Waals surface area contributed by atoms with Crippen LogP contribution in [0, 0.1) is 12.3 Å². The highest BCUT2D eigenvalue weighted by atomic mass is 32.1. The number of hydrogen-bond acceptors (Lipinski definition) is 4. The van der Waals surface area contributed by atoms with Crippen molar-refractivity contribution >= 4 is 23.5 Å². The van der Waals surface area contributed by atoms with Crippen LogP contribution in [0.3, 0.4) is 0 Å². The molecule has 0 saturated carbocycles. The fraction of sp³-hybridized carbons (Fsp3) is 0.0667. The van der Waals surface area contributed by atoms with Gasteiger partial charge >= 0.3 is 0 Å². The lowest BCUT2D eigenvalue weighted by molar-refractivity contribution is -0.123. The summed E-state index contributed by atoms with van der Waals surface area (Å²) in [6, 6.07) is 10.8. The largest absolute Gasteiger partial charge is 0.484 e. The molecule has 0 radical (unpaired) electrons. The standard InChI is InChI=1S/C15H12N2O2S/c1-2-12-5-7-13(8-6-12)19-11-15(18)17-16-10-14-4-3-9-20-14/h1,3-10H,11H2,(H,17,18). The fourth-order valence-corrected chi connectivity index (χ4v) is 1.95. The molecule has 1 amide bonds. The number of ether oxygens (including phenoxy) is 1. The molecular weight excluding hydrogens is 272 g/mol. The van der Waals surface area contributed by atoms with E-state index in [1.54, 1.807) is 41.8 Å². The minimum absolute atomic E-state index is 0.100. The quantitative estimate of drug-likeness (QED) is 0.520. The van der Waals surface area contributed by atoms with Crippen molar-refractivity contribution in [3.63, 3.8) is 0 Å². The van der Waals surface area contributed by atoms with Crippen molar-refractivity contribution < 1.29 is 9.53 Å². The number of benzene rings is 1. The van der Waals surface area contributed by atoms with E-state index in [1.807, 2.05) is 17.5 Å². The highest BCUT2D eigenvalue weighted by molar-refractivity contribution is 7.11. The van der Waals surface area contributed by atoms with Gasteiger partial charge in [-0.05, 0) is 35.7 Å². The Kier molecular flexibility index (Phi) is 4.93. The summed E-state index contributed by atoms with van der Waals surface area (Å²) in [5, 5.41) is 5.77. The molecule has 0 unspecified atom stereocenters. The monoisotopic (exact) mass is 284 g/mol. The Hall–Kier alpha value is -2.58. The van der Waals surface area contributed by atoms with Crippen molar-refractivity contribution in [3.05, 3.63) is 52.2 Å². The molecule has 1 N–H and O–H groups in total. The molecule has 0 saturated heterocycles. The van der Waals surface area contributed by atoms with Crippen LogP contribution in [0.4, 0.5) is 0 Å². The number of rotatable bonds is 5. The summed E-state index contributed by atoms with van der Waals surface area (Å²) in [7, 11) is 0. The van der Waals surface area contributed by atoms with Crippen molar-refractivity contribution in [1.29, 1.82) is 0 Å². The van der Waals surface area contributed by atoms with E-state index in [4.69, 9.17) is 11.2 Å². The molecule has 0 aliphatic heterocycles. The van der Waals surface area contributed by atoms with Crippen LogP contribution in [-0.4, -0.2) is 18.7 Å². The van der Waals surface area contributed by atoms with E-state index in [0.29, 0.717) is 5.75 Å². The number of nitrogens with one attached hydrogen (secondary N) is 1. The van der Waals surface area contributed by atoms with Gasteiger partial charge < -0.3 is 4.74 Å². The third-order valence-corrected chi connectivity index (χ3v) is 3.12. The Bertz CT molecular complexity index is 625. The van der Waals surface area contributed by atoms with E-state index in [1.165, 1.54) is 0 Å². The lowest BCUT2D eigenvalue weighted by atomic mass is 10.2. The van der Waals surface area contributed by atoms with Crippen molar-refractivity contribution in [2.24, 2.45) is 5.10 Å². The van der Waals surface area contributed by atoms with Gasteiger partial charge in [0.05, 0.1) is 6.21 Å². The van der Waals surface area contributed by atoms with Crippen LogP contribution in [0.15, 0.2) is 46.9 Å². The summed E-state index contributed by atoms with van der Waals surface area (Å²) in [4.78, 5) is 12.5. The molecule has 1 aromatic heterocycles. The minimum atomic E-state index is -0.321. The third-order valence-electron chi connectivity index (χ3n) is 2.32. The van der Waals surface area contributed by atoms with Gasteiger partial charge in [-0.3, -0.25) is 4.79 Å². The third kappa shape index (κ3) is 4.26. The molecule has 1 aromatic carbocycles. The second-order valence-corrected chi connectivity index (χ2v) is 4.75. The van der Waals surface area contributed by atoms with E-state index in [2.05, 4.69) is 16.4 Å². The van der Waals surface area contributed by atoms with Gasteiger partial charge in [0.25, 0.3) is 5.91 Å². The van der Waals surface area contributed by atoms with Crippen LogP contribution in [0.5, 0.6) is 5.75 Å². The molecule has 100 valence electrons. The molecule has 5 heteroatoms. The molecule has 4 nitrogen and oxygen atoms in total. The smallest absolute Gasteiger partial charge is 0.277 e. The molecule has 0 fully saturated rings. The maximum atomic E-state index is 11.5. The van der Waals surface area contributed by atoms with Crippen molar-refractivity contribution in [2.45, 2.75) is 0 Å². The molecule has 20 heavy (non-hydrogen) atoms. The minimum Gasteiger partial charge on any atom is -0.484 e. The van der Waals surface area contributed by atoms with Crippen molar-refractivity contribution in [3.8, 4) is 18.1 Å². The number of nitrogens with zero attached hydrogens (tertiary/aromatic N) is 1. The number of hydrazone groups is 1. The van der Waals surface area contributed by atoms with E-state index < -0.39 is 0 Å². The highest BCUT2D eigenvalue weighted by Gasteiger charge is 2.01. The molecule has 0 aliphatic rings. The van der Waals surface area contributed by atoms with Gasteiger partial charge in [-0.25, -0.2) is 5.43 Å². The first kappa shape index (κ1) is 13.8. The Morgan fingerprint density at radius 3 is 2.85 bits per heavy atom. The van der Waals surface area contributed by atoms with Crippen LogP contribution in [0.1, 0.15) is 10.4 Å². The Balaban J connectivity index is 1.76. The molecule has 0 aliphatic carbocycles. The van der Waals surface area contributed by atoms with Gasteiger partial charge in [0.2, 0.25) is 0 Å². The summed E-state index contributed by atoms with van der Waals surface area (Å²) in [5.74, 6) is 2.77. The van der Waals surface area contributed by atoms with Gasteiger partial charge in [-0.1, -0.05) is 12.0 Å². The molecule has 2 aromatic rings. The Morgan fingerprint density at radius 2 is 2.20 bits per heavy atom. The number of thiophene rings is 1. The van der Waals surface area contributed by atoms with Gasteiger partial charge in [-0.2, -0.15) is 5.10 Å². The molecule has 0 atom stereocenters. The first-order valence-corrected chi connectivity index (χ1v) is 6.71. The average Bonchev–Trinajstić information content (AvgIpc) is 2.99. The number of terminal acetylenes is 1. The van der Waals surface area contributed by atoms with E-state index >= 15 is 0 Å². The first-order valence-electron chi connectivity index (χ1n) is 5.83. The van der Waals surface area contributed by atoms with E-state index in [9.17, 15) is 4.79 Å². The lowest BCUT2D eigenvalue weighted by Crippen LogP contribution is -2.24. The van der Waals surface area contributed by atoms with Crippen LogP contribution in [-0.2, 0) is 4.79 Å². The zero-order valence-corrected chi connectivity index (χ0v) is 11.4. The molecule has 2 rings (SSSR count). The summed E-state index contributed by atoms with van der Waals surface area (Å²) in [6.45, 7) is -0.100. The van der Waals surface area contributed by atoms with E-state index in [-0.39, 0.29) is 12.5 Å². The van der Waals surface area contributed by atoms with Crippen molar-refractivity contribution in [2.75, 3.05) is 6.61 Å². The maximum absolute atomic E-state index is 11.5. The van der Waals surface area contributed by atoms with E-state index in [0.717, 1.165) is 10.4 Å². The second kappa shape index (κ2) is 7.12. The summed E-state index contributed by atoms with van der Waals surface area (Å²) >= 11 is 1.54. The summed E-state index contributed by atoms with van der Waals surface area (Å²) in [6.07, 6.45) is 6.83. The zero-order valence-electron chi connectivity index (χ0n) is 10.6. The zero-order chi connectivity index (χ0) is 14.2. The van der Waals surface area contributed by atoms with Crippen LogP contribution in [0.2, 0.25) is 0 Å². The topological polar surface area (TPSA) is 50.7 Å². The maximum Gasteiger partial charge on any atom is 0.277 e. The van der Waals surface area contributed by atoms with Gasteiger partial charge in [0.15, 0.2) is 6.61 Å². The second-order valence-electron chi connectivity index (χ2n) is 3.77. The SMILES string of the molecule is C#Cc1ccc(OCC(=O)NN=Cc2cccs2)cc1. The number of carbonyl (C=O) groups is 1. The molecule has 0 bridgehead atoms. The molecular formula is C15H12N2O2S. The van der Waals surface area contributed by atoms with Gasteiger partial charge in [-0.15, -0.1) is 17.8 Å². The summed E-state index contributed by atoms with van der Waals surface area (Å²) < 4.78 is 5.30. The Morgan fingerprint density at radius 1 is 1.40 bits per heavy atom. The molecule has 1 heterocycles. The lowest BCUT2D eigenvalue weighted by Gasteiger charge is -2.04. The van der Waals surface area contributed by atoms with Crippen LogP contribution >= 0.6 is 11.3 Å². The Labute approximate surface area is 121 Å². The number of amides is 1. The normalized spacial score (nSPS) is 10.2. The molecule has 0 spiro atoms. The van der Waals surface area contributed by atoms with Gasteiger partial charge in [0, 0.05) is 10.4 Å². The first-order chi connectivity index (χ1) is 9.78. The average molecular weight is 284 g/mol. The number of carbonyl (C=O) groups excluding carboxylic acids is 1. The predicted octanol–water partition coefficient (Wildman–Crippen LogP) is 2.26. The van der Waals surface area contributed by atoms with Crippen LogP contribution in [0.25, 0.3) is 0 Å².